The van der Waals surface area contributed by atoms with Gasteiger partial charge in [-0.15, -0.1) is 0 Å². The van der Waals surface area contributed by atoms with Gasteiger partial charge >= 0.3 is 0 Å². The Morgan fingerprint density at radius 3 is 2.14 bits per heavy atom. The Hall–Kier alpha value is -3.08. The van der Waals surface area contributed by atoms with Crippen molar-refractivity contribution in [2.45, 2.75) is 27.3 Å². The molecule has 5 nitrogen and oxygen atoms in total. The van der Waals surface area contributed by atoms with E-state index in [0.29, 0.717) is 37.5 Å². The van der Waals surface area contributed by atoms with E-state index in [1.54, 1.807) is 0 Å². The minimum atomic E-state index is -0.238. The van der Waals surface area contributed by atoms with Crippen molar-refractivity contribution in [1.29, 1.82) is 0 Å². The van der Waals surface area contributed by atoms with Crippen LogP contribution in [0.15, 0.2) is 60.3 Å². The van der Waals surface area contributed by atoms with Crippen LogP contribution in [0.1, 0.15) is 31.9 Å². The van der Waals surface area contributed by atoms with E-state index < -0.39 is 0 Å². The second-order valence-electron chi connectivity index (χ2n) is 6.54. The lowest BCUT2D eigenvalue weighted by atomic mass is 10.0. The van der Waals surface area contributed by atoms with Gasteiger partial charge in [0.05, 0.1) is 12.2 Å². The van der Waals surface area contributed by atoms with Gasteiger partial charge in [0.15, 0.2) is 0 Å². The molecule has 1 aliphatic heterocycles. The lowest BCUT2D eigenvalue weighted by Gasteiger charge is -2.24. The standard InChI is InChI=1S/C23H26N2O3/c1-4-24(16-17-10-8-7-9-11-17)21-20(22(26)25(5-2)23(21)27)18-12-14-19(15-13-18)28-6-3/h7-15H,4-6,16H2,1-3H3. The lowest BCUT2D eigenvalue weighted by molar-refractivity contribution is -0.137. The first-order valence-electron chi connectivity index (χ1n) is 9.73. The largest absolute Gasteiger partial charge is 0.494 e. The first-order valence-corrected chi connectivity index (χ1v) is 9.73. The molecule has 0 saturated carbocycles. The van der Waals surface area contributed by atoms with Crippen LogP contribution in [-0.4, -0.2) is 41.3 Å². The van der Waals surface area contributed by atoms with Crippen molar-refractivity contribution < 1.29 is 14.3 Å². The molecule has 0 spiro atoms. The normalized spacial score (nSPS) is 14.0. The highest BCUT2D eigenvalue weighted by Gasteiger charge is 2.40. The van der Waals surface area contributed by atoms with Crippen molar-refractivity contribution in [3.05, 3.63) is 71.4 Å². The quantitative estimate of drug-likeness (QED) is 0.657. The molecule has 0 aromatic heterocycles. The van der Waals surface area contributed by atoms with Crippen molar-refractivity contribution in [2.75, 3.05) is 19.7 Å². The Labute approximate surface area is 166 Å². The van der Waals surface area contributed by atoms with E-state index in [1.807, 2.05) is 80.3 Å². The fourth-order valence-electron chi connectivity index (χ4n) is 3.44. The third kappa shape index (κ3) is 3.79. The van der Waals surface area contributed by atoms with E-state index >= 15 is 0 Å². The first-order chi connectivity index (χ1) is 13.6. The van der Waals surface area contributed by atoms with Gasteiger partial charge in [-0.2, -0.15) is 0 Å². The zero-order valence-corrected chi connectivity index (χ0v) is 16.6. The highest BCUT2D eigenvalue weighted by molar-refractivity contribution is 6.35. The number of carbonyl (C=O) groups excluding carboxylic acids is 2. The van der Waals surface area contributed by atoms with E-state index in [0.717, 1.165) is 16.9 Å². The van der Waals surface area contributed by atoms with E-state index in [-0.39, 0.29) is 11.8 Å². The summed E-state index contributed by atoms with van der Waals surface area (Å²) in [5, 5.41) is 0. The van der Waals surface area contributed by atoms with Crippen molar-refractivity contribution in [3.8, 4) is 5.75 Å². The monoisotopic (exact) mass is 378 g/mol. The molecule has 2 aromatic carbocycles. The van der Waals surface area contributed by atoms with Gasteiger partial charge in [-0.25, -0.2) is 0 Å². The van der Waals surface area contributed by atoms with Gasteiger partial charge in [0.1, 0.15) is 11.4 Å². The number of likely N-dealkylation sites (N-methyl/N-ethyl adjacent to an activating group) is 2. The van der Waals surface area contributed by atoms with Crippen LogP contribution in [0.4, 0.5) is 0 Å². The number of nitrogens with zero attached hydrogens (tertiary/aromatic N) is 2. The summed E-state index contributed by atoms with van der Waals surface area (Å²) in [6.45, 7) is 7.88. The average Bonchev–Trinajstić information content (AvgIpc) is 2.97. The minimum absolute atomic E-state index is 0.228. The van der Waals surface area contributed by atoms with Gasteiger partial charge in [0.25, 0.3) is 11.8 Å². The summed E-state index contributed by atoms with van der Waals surface area (Å²) in [6.07, 6.45) is 0. The molecule has 0 atom stereocenters. The van der Waals surface area contributed by atoms with Crippen molar-refractivity contribution in [2.24, 2.45) is 0 Å². The van der Waals surface area contributed by atoms with Gasteiger partial charge in [-0.3, -0.25) is 14.5 Å². The number of imide groups is 1. The molecule has 28 heavy (non-hydrogen) atoms. The Kier molecular flexibility index (Phi) is 6.14. The summed E-state index contributed by atoms with van der Waals surface area (Å²) in [5.41, 5.74) is 2.77. The summed E-state index contributed by atoms with van der Waals surface area (Å²) in [4.78, 5) is 29.4. The van der Waals surface area contributed by atoms with Gasteiger partial charge in [0, 0.05) is 19.6 Å². The van der Waals surface area contributed by atoms with Crippen LogP contribution in [0.5, 0.6) is 5.75 Å². The summed E-state index contributed by atoms with van der Waals surface area (Å²) in [5.74, 6) is 0.279. The molecule has 0 bridgehead atoms. The maximum absolute atomic E-state index is 13.1. The maximum atomic E-state index is 13.1. The molecule has 5 heteroatoms. The molecule has 0 fully saturated rings. The summed E-state index contributed by atoms with van der Waals surface area (Å²) < 4.78 is 5.50. The first kappa shape index (κ1) is 19.7. The van der Waals surface area contributed by atoms with E-state index in [9.17, 15) is 9.59 Å². The molecule has 3 rings (SSSR count). The van der Waals surface area contributed by atoms with Crippen LogP contribution < -0.4 is 4.74 Å². The van der Waals surface area contributed by atoms with Crippen LogP contribution in [0.2, 0.25) is 0 Å². The molecule has 0 radical (unpaired) electrons. The molecule has 146 valence electrons. The number of rotatable bonds is 8. The molecule has 1 heterocycles. The average molecular weight is 378 g/mol. The second kappa shape index (κ2) is 8.74. The zero-order chi connectivity index (χ0) is 20.1. The SMILES string of the molecule is CCOc1ccc(C2=C(N(CC)Cc3ccccc3)C(=O)N(CC)C2=O)cc1. The topological polar surface area (TPSA) is 49.9 Å². The fraction of sp³-hybridized carbons (Fsp3) is 0.304. The van der Waals surface area contributed by atoms with Gasteiger partial charge in [0.2, 0.25) is 0 Å². The van der Waals surface area contributed by atoms with Gasteiger partial charge in [-0.05, 0) is 44.0 Å². The van der Waals surface area contributed by atoms with Gasteiger partial charge in [-0.1, -0.05) is 42.5 Å². The Morgan fingerprint density at radius 1 is 0.893 bits per heavy atom. The Balaban J connectivity index is 2.04. The molecule has 0 unspecified atom stereocenters. The predicted octanol–water partition coefficient (Wildman–Crippen LogP) is 3.71. The molecule has 2 amide bonds. The van der Waals surface area contributed by atoms with Crippen LogP contribution in [0, 0.1) is 0 Å². The number of hydrogen-bond acceptors (Lipinski definition) is 4. The molecule has 2 aromatic rings. The van der Waals surface area contributed by atoms with Crippen LogP contribution >= 0.6 is 0 Å². The second-order valence-corrected chi connectivity index (χ2v) is 6.54. The maximum Gasteiger partial charge on any atom is 0.277 e. The van der Waals surface area contributed by atoms with E-state index in [1.165, 1.54) is 4.90 Å². The number of amides is 2. The van der Waals surface area contributed by atoms with Crippen LogP contribution in [-0.2, 0) is 16.1 Å². The van der Waals surface area contributed by atoms with E-state index in [2.05, 4.69) is 0 Å². The highest BCUT2D eigenvalue weighted by Crippen LogP contribution is 2.33. The van der Waals surface area contributed by atoms with Crippen molar-refractivity contribution in [3.63, 3.8) is 0 Å². The summed E-state index contributed by atoms with van der Waals surface area (Å²) in [7, 11) is 0. The lowest BCUT2D eigenvalue weighted by Crippen LogP contribution is -2.34. The summed E-state index contributed by atoms with van der Waals surface area (Å²) >= 11 is 0. The minimum Gasteiger partial charge on any atom is -0.494 e. The van der Waals surface area contributed by atoms with Gasteiger partial charge < -0.3 is 9.64 Å². The molecule has 0 N–H and O–H groups in total. The Morgan fingerprint density at radius 2 is 1.57 bits per heavy atom. The van der Waals surface area contributed by atoms with E-state index in [4.69, 9.17) is 4.74 Å². The van der Waals surface area contributed by atoms with Crippen LogP contribution in [0.3, 0.4) is 0 Å². The molecule has 0 aliphatic carbocycles. The highest BCUT2D eigenvalue weighted by atomic mass is 16.5. The smallest absolute Gasteiger partial charge is 0.277 e. The number of carbonyl (C=O) groups is 2. The number of ether oxygens (including phenoxy) is 1. The van der Waals surface area contributed by atoms with Crippen molar-refractivity contribution >= 4 is 17.4 Å². The third-order valence-corrected chi connectivity index (χ3v) is 4.83. The third-order valence-electron chi connectivity index (χ3n) is 4.83. The Bertz CT molecular complexity index is 872. The predicted molar refractivity (Wildman–Crippen MR) is 109 cm³/mol. The molecule has 0 saturated heterocycles. The fourth-order valence-corrected chi connectivity index (χ4v) is 3.44. The number of benzene rings is 2. The summed E-state index contributed by atoms with van der Waals surface area (Å²) in [6, 6.07) is 17.3. The number of hydrogen-bond donors (Lipinski definition) is 0. The molecular weight excluding hydrogens is 352 g/mol. The molecular formula is C23H26N2O3. The zero-order valence-electron chi connectivity index (χ0n) is 16.6. The van der Waals surface area contributed by atoms with Crippen LogP contribution in [0.25, 0.3) is 5.57 Å². The molecule has 1 aliphatic rings. The van der Waals surface area contributed by atoms with Crippen molar-refractivity contribution in [1.82, 2.24) is 9.80 Å².